The van der Waals surface area contributed by atoms with Crippen molar-refractivity contribution in [1.29, 1.82) is 0 Å². The van der Waals surface area contributed by atoms with Crippen LogP contribution in [-0.2, 0) is 0 Å². The Bertz CT molecular complexity index is 316. The van der Waals surface area contributed by atoms with Gasteiger partial charge in [0, 0.05) is 0 Å². The fourth-order valence-electron chi connectivity index (χ4n) is 1.33. The lowest BCUT2D eigenvalue weighted by Gasteiger charge is -2.28. The summed E-state index contributed by atoms with van der Waals surface area (Å²) in [6, 6.07) is 7.53. The molecule has 0 fully saturated rings. The first kappa shape index (κ1) is 9.80. The van der Waals surface area contributed by atoms with Crippen LogP contribution in [0.2, 0.25) is 0 Å². The number of rotatable bonds is 2. The maximum Gasteiger partial charge on any atom is 0.161 e. The lowest BCUT2D eigenvalue weighted by Crippen LogP contribution is -2.38. The smallest absolute Gasteiger partial charge is 0.161 e. The quantitative estimate of drug-likeness (QED) is 0.819. The summed E-state index contributed by atoms with van der Waals surface area (Å²) in [5.74, 6) is 1.50. The molecule has 2 unspecified atom stereocenters. The van der Waals surface area contributed by atoms with E-state index in [1.165, 1.54) is 0 Å². The first-order valence-electron chi connectivity index (χ1n) is 4.44. The molecule has 0 saturated heterocycles. The molecular formula is C10H11BrO3. The van der Waals surface area contributed by atoms with E-state index in [9.17, 15) is 0 Å². The number of para-hydroxylation sites is 2. The molecule has 0 bridgehead atoms. The highest BCUT2D eigenvalue weighted by molar-refractivity contribution is 9.09. The average molecular weight is 259 g/mol. The molecule has 1 heterocycles. The molecular weight excluding hydrogens is 248 g/mol. The van der Waals surface area contributed by atoms with E-state index in [2.05, 4.69) is 15.9 Å². The third-order valence-electron chi connectivity index (χ3n) is 2.11. The Morgan fingerprint density at radius 1 is 1.43 bits per heavy atom. The van der Waals surface area contributed by atoms with E-state index in [1.54, 1.807) is 0 Å². The van der Waals surface area contributed by atoms with Crippen LogP contribution in [0.4, 0.5) is 0 Å². The van der Waals surface area contributed by atoms with Gasteiger partial charge in [0.25, 0.3) is 0 Å². The van der Waals surface area contributed by atoms with Gasteiger partial charge in [0.15, 0.2) is 11.5 Å². The van der Waals surface area contributed by atoms with Crippen molar-refractivity contribution >= 4 is 15.9 Å². The highest BCUT2D eigenvalue weighted by Gasteiger charge is 2.26. The topological polar surface area (TPSA) is 38.7 Å². The SMILES string of the molecule is OCC(Br)C1COc2ccccc2O1. The summed E-state index contributed by atoms with van der Waals surface area (Å²) in [6.45, 7) is 0.504. The fourth-order valence-corrected chi connectivity index (χ4v) is 1.59. The Labute approximate surface area is 90.8 Å². The van der Waals surface area contributed by atoms with Gasteiger partial charge in [-0.25, -0.2) is 0 Å². The zero-order chi connectivity index (χ0) is 9.97. The van der Waals surface area contributed by atoms with E-state index in [4.69, 9.17) is 14.6 Å². The molecule has 0 aromatic heterocycles. The molecule has 0 radical (unpaired) electrons. The van der Waals surface area contributed by atoms with Gasteiger partial charge in [-0.1, -0.05) is 28.1 Å². The van der Waals surface area contributed by atoms with Crippen LogP contribution < -0.4 is 9.47 Å². The molecule has 0 amide bonds. The molecule has 1 aromatic carbocycles. The molecule has 1 aliphatic heterocycles. The van der Waals surface area contributed by atoms with Gasteiger partial charge in [-0.15, -0.1) is 0 Å². The normalized spacial score (nSPS) is 21.7. The van der Waals surface area contributed by atoms with Crippen LogP contribution in [0.15, 0.2) is 24.3 Å². The van der Waals surface area contributed by atoms with Crippen molar-refractivity contribution in [3.05, 3.63) is 24.3 Å². The summed E-state index contributed by atoms with van der Waals surface area (Å²) >= 11 is 3.34. The monoisotopic (exact) mass is 258 g/mol. The van der Waals surface area contributed by atoms with Crippen molar-refractivity contribution < 1.29 is 14.6 Å². The van der Waals surface area contributed by atoms with Crippen molar-refractivity contribution in [2.75, 3.05) is 13.2 Å². The van der Waals surface area contributed by atoms with Gasteiger partial charge in [0.1, 0.15) is 12.7 Å². The maximum atomic E-state index is 8.95. The molecule has 2 rings (SSSR count). The fraction of sp³-hybridized carbons (Fsp3) is 0.400. The predicted octanol–water partition coefficient (Wildman–Crippen LogP) is 1.58. The van der Waals surface area contributed by atoms with Gasteiger partial charge in [-0.3, -0.25) is 0 Å². The molecule has 1 aromatic rings. The molecule has 2 atom stereocenters. The molecule has 1 N–H and O–H groups in total. The summed E-state index contributed by atoms with van der Waals surface area (Å²) in [4.78, 5) is -0.0872. The molecule has 0 saturated carbocycles. The van der Waals surface area contributed by atoms with E-state index < -0.39 is 0 Å². The van der Waals surface area contributed by atoms with Gasteiger partial charge >= 0.3 is 0 Å². The molecule has 1 aliphatic rings. The summed E-state index contributed by atoms with van der Waals surface area (Å²) in [5.41, 5.74) is 0. The zero-order valence-corrected chi connectivity index (χ0v) is 9.11. The molecule has 14 heavy (non-hydrogen) atoms. The summed E-state index contributed by atoms with van der Waals surface area (Å²) in [7, 11) is 0. The van der Waals surface area contributed by atoms with Crippen LogP contribution in [0.25, 0.3) is 0 Å². The van der Waals surface area contributed by atoms with E-state index in [0.29, 0.717) is 6.61 Å². The Morgan fingerprint density at radius 3 is 2.86 bits per heavy atom. The van der Waals surface area contributed by atoms with Gasteiger partial charge in [0.05, 0.1) is 11.4 Å². The van der Waals surface area contributed by atoms with Crippen molar-refractivity contribution in [2.24, 2.45) is 0 Å². The van der Waals surface area contributed by atoms with Crippen LogP contribution in [0.3, 0.4) is 0 Å². The van der Waals surface area contributed by atoms with E-state index in [0.717, 1.165) is 11.5 Å². The maximum absolute atomic E-state index is 8.95. The van der Waals surface area contributed by atoms with E-state index in [-0.39, 0.29) is 17.5 Å². The number of benzene rings is 1. The van der Waals surface area contributed by atoms with Crippen molar-refractivity contribution in [2.45, 2.75) is 10.9 Å². The summed E-state index contributed by atoms with van der Waals surface area (Å²) < 4.78 is 11.1. The van der Waals surface area contributed by atoms with Crippen LogP contribution in [-0.4, -0.2) is 29.3 Å². The summed E-state index contributed by atoms with van der Waals surface area (Å²) in [5, 5.41) is 8.95. The second-order valence-corrected chi connectivity index (χ2v) is 4.29. The van der Waals surface area contributed by atoms with Crippen LogP contribution in [0.5, 0.6) is 11.5 Å². The Kier molecular flexibility index (Phi) is 2.93. The van der Waals surface area contributed by atoms with Gasteiger partial charge in [-0.2, -0.15) is 0 Å². The van der Waals surface area contributed by atoms with Crippen LogP contribution in [0, 0.1) is 0 Å². The number of alkyl halides is 1. The van der Waals surface area contributed by atoms with Crippen LogP contribution >= 0.6 is 15.9 Å². The molecule has 76 valence electrons. The van der Waals surface area contributed by atoms with Crippen molar-refractivity contribution in [3.63, 3.8) is 0 Å². The van der Waals surface area contributed by atoms with Crippen molar-refractivity contribution in [1.82, 2.24) is 0 Å². The Balaban J connectivity index is 2.13. The minimum Gasteiger partial charge on any atom is -0.486 e. The number of hydrogen-bond donors (Lipinski definition) is 1. The van der Waals surface area contributed by atoms with Gasteiger partial charge < -0.3 is 14.6 Å². The molecule has 0 aliphatic carbocycles. The minimum atomic E-state index is -0.130. The largest absolute Gasteiger partial charge is 0.486 e. The molecule has 0 spiro atoms. The second kappa shape index (κ2) is 4.19. The first-order chi connectivity index (χ1) is 6.81. The minimum absolute atomic E-state index is 0.0379. The predicted molar refractivity (Wildman–Crippen MR) is 56.2 cm³/mol. The highest BCUT2D eigenvalue weighted by atomic mass is 79.9. The van der Waals surface area contributed by atoms with E-state index in [1.807, 2.05) is 24.3 Å². The number of aliphatic hydroxyl groups excluding tert-OH is 1. The third kappa shape index (κ3) is 1.86. The summed E-state index contributed by atoms with van der Waals surface area (Å²) in [6.07, 6.45) is -0.130. The second-order valence-electron chi connectivity index (χ2n) is 3.11. The molecule has 3 nitrogen and oxygen atoms in total. The number of aliphatic hydroxyl groups is 1. The number of halogens is 1. The first-order valence-corrected chi connectivity index (χ1v) is 5.36. The number of fused-ring (bicyclic) bond motifs is 1. The van der Waals surface area contributed by atoms with E-state index >= 15 is 0 Å². The van der Waals surface area contributed by atoms with Gasteiger partial charge in [-0.05, 0) is 12.1 Å². The van der Waals surface area contributed by atoms with Crippen molar-refractivity contribution in [3.8, 4) is 11.5 Å². The lowest BCUT2D eigenvalue weighted by molar-refractivity contribution is 0.0771. The highest BCUT2D eigenvalue weighted by Crippen LogP contribution is 2.32. The standard InChI is InChI=1S/C10H11BrO3/c11-7(5-12)10-6-13-8-3-1-2-4-9(8)14-10/h1-4,7,10,12H,5-6H2. The number of ether oxygens (including phenoxy) is 2. The zero-order valence-electron chi connectivity index (χ0n) is 7.52. The van der Waals surface area contributed by atoms with Gasteiger partial charge in [0.2, 0.25) is 0 Å². The van der Waals surface area contributed by atoms with Crippen LogP contribution in [0.1, 0.15) is 0 Å². The lowest BCUT2D eigenvalue weighted by atomic mass is 10.2. The Hall–Kier alpha value is -0.740. The Morgan fingerprint density at radius 2 is 2.14 bits per heavy atom. The average Bonchev–Trinajstić information content (AvgIpc) is 2.27. The molecule has 4 heteroatoms. The third-order valence-corrected chi connectivity index (χ3v) is 2.99. The number of hydrogen-bond acceptors (Lipinski definition) is 3.